The van der Waals surface area contributed by atoms with E-state index >= 15 is 0 Å². The molecule has 0 bridgehead atoms. The standard InChI is InChI=1S/C18H30N4O/c1-5-20-17(22-14-18(2,3)16(23)19-4)21-13-9-12-15-10-7-6-8-11-15/h6-8,10-11H,5,9,12-14H2,1-4H3,(H,19,23)(H2,20,21,22). The summed E-state index contributed by atoms with van der Waals surface area (Å²) in [6.07, 6.45) is 2.07. The van der Waals surface area contributed by atoms with Crippen molar-refractivity contribution in [3.05, 3.63) is 35.9 Å². The maximum Gasteiger partial charge on any atom is 0.227 e. The number of aryl methyl sites for hydroxylation is 1. The zero-order chi connectivity index (χ0) is 17.1. The molecule has 1 amide bonds. The van der Waals surface area contributed by atoms with Crippen molar-refractivity contribution in [2.75, 3.05) is 26.7 Å². The van der Waals surface area contributed by atoms with Gasteiger partial charge in [-0.2, -0.15) is 0 Å². The molecule has 1 rings (SSSR count). The van der Waals surface area contributed by atoms with Crippen LogP contribution in [0.4, 0.5) is 0 Å². The molecular formula is C18H30N4O. The average molecular weight is 318 g/mol. The first-order valence-electron chi connectivity index (χ1n) is 8.28. The largest absolute Gasteiger partial charge is 0.359 e. The van der Waals surface area contributed by atoms with E-state index in [1.165, 1.54) is 5.56 Å². The number of hydrogen-bond donors (Lipinski definition) is 3. The first-order valence-corrected chi connectivity index (χ1v) is 8.28. The van der Waals surface area contributed by atoms with E-state index in [4.69, 9.17) is 0 Å². The topological polar surface area (TPSA) is 65.5 Å². The van der Waals surface area contributed by atoms with Gasteiger partial charge in [-0.05, 0) is 39.2 Å². The van der Waals surface area contributed by atoms with E-state index in [1.807, 2.05) is 26.8 Å². The summed E-state index contributed by atoms with van der Waals surface area (Å²) >= 11 is 0. The van der Waals surface area contributed by atoms with Gasteiger partial charge in [0.15, 0.2) is 5.96 Å². The van der Waals surface area contributed by atoms with Gasteiger partial charge in [0.25, 0.3) is 0 Å². The van der Waals surface area contributed by atoms with Crippen molar-refractivity contribution in [3.63, 3.8) is 0 Å². The lowest BCUT2D eigenvalue weighted by molar-refractivity contribution is -0.128. The first-order chi connectivity index (χ1) is 11.0. The molecule has 0 aliphatic heterocycles. The van der Waals surface area contributed by atoms with Crippen LogP contribution in [0.1, 0.15) is 32.8 Å². The number of carbonyl (C=O) groups is 1. The quantitative estimate of drug-likeness (QED) is 0.390. The molecule has 0 unspecified atom stereocenters. The van der Waals surface area contributed by atoms with Crippen LogP contribution in [0.5, 0.6) is 0 Å². The van der Waals surface area contributed by atoms with Crippen LogP contribution >= 0.6 is 0 Å². The molecule has 0 radical (unpaired) electrons. The number of hydrogen-bond acceptors (Lipinski definition) is 2. The fraction of sp³-hybridized carbons (Fsp3) is 0.556. The van der Waals surface area contributed by atoms with E-state index in [0.29, 0.717) is 6.54 Å². The number of carbonyl (C=O) groups excluding carboxylic acids is 1. The zero-order valence-electron chi connectivity index (χ0n) is 14.8. The lowest BCUT2D eigenvalue weighted by Crippen LogP contribution is -2.41. The van der Waals surface area contributed by atoms with Crippen LogP contribution in [-0.2, 0) is 11.2 Å². The summed E-state index contributed by atoms with van der Waals surface area (Å²) < 4.78 is 0. The maximum atomic E-state index is 11.8. The van der Waals surface area contributed by atoms with Gasteiger partial charge in [-0.1, -0.05) is 30.3 Å². The molecule has 0 atom stereocenters. The molecule has 23 heavy (non-hydrogen) atoms. The lowest BCUT2D eigenvalue weighted by Gasteiger charge is -2.21. The minimum Gasteiger partial charge on any atom is -0.359 e. The Morgan fingerprint density at radius 1 is 1.17 bits per heavy atom. The van der Waals surface area contributed by atoms with E-state index in [1.54, 1.807) is 7.05 Å². The third kappa shape index (κ3) is 7.17. The normalized spacial score (nSPS) is 11.9. The molecule has 0 aliphatic rings. The van der Waals surface area contributed by atoms with Crippen molar-refractivity contribution >= 4 is 11.9 Å². The molecule has 0 saturated carbocycles. The molecule has 5 nitrogen and oxygen atoms in total. The van der Waals surface area contributed by atoms with Crippen LogP contribution in [0.3, 0.4) is 0 Å². The Morgan fingerprint density at radius 2 is 1.87 bits per heavy atom. The average Bonchev–Trinajstić information content (AvgIpc) is 2.56. The molecule has 0 aromatic heterocycles. The molecule has 128 valence electrons. The second-order valence-electron chi connectivity index (χ2n) is 6.17. The number of guanidine groups is 1. The summed E-state index contributed by atoms with van der Waals surface area (Å²) in [4.78, 5) is 16.3. The van der Waals surface area contributed by atoms with Gasteiger partial charge in [-0.3, -0.25) is 9.79 Å². The summed E-state index contributed by atoms with van der Waals surface area (Å²) in [6, 6.07) is 10.5. The number of benzene rings is 1. The van der Waals surface area contributed by atoms with Gasteiger partial charge in [-0.15, -0.1) is 0 Å². The smallest absolute Gasteiger partial charge is 0.227 e. The van der Waals surface area contributed by atoms with Gasteiger partial charge in [0, 0.05) is 20.1 Å². The van der Waals surface area contributed by atoms with Crippen molar-refractivity contribution in [2.45, 2.75) is 33.6 Å². The fourth-order valence-electron chi connectivity index (χ4n) is 2.17. The monoisotopic (exact) mass is 318 g/mol. The van der Waals surface area contributed by atoms with E-state index < -0.39 is 5.41 Å². The van der Waals surface area contributed by atoms with Crippen LogP contribution in [0.25, 0.3) is 0 Å². The van der Waals surface area contributed by atoms with E-state index in [0.717, 1.165) is 31.9 Å². The summed E-state index contributed by atoms with van der Waals surface area (Å²) in [6.45, 7) is 7.92. The summed E-state index contributed by atoms with van der Waals surface area (Å²) in [7, 11) is 1.65. The Kier molecular flexibility index (Phi) is 8.16. The molecule has 5 heteroatoms. The Balaban J connectivity index is 2.44. The summed E-state index contributed by atoms with van der Waals surface area (Å²) in [5.74, 6) is 0.763. The van der Waals surface area contributed by atoms with Crippen molar-refractivity contribution in [2.24, 2.45) is 10.4 Å². The number of rotatable bonds is 8. The third-order valence-electron chi connectivity index (χ3n) is 3.60. The Morgan fingerprint density at radius 3 is 2.48 bits per heavy atom. The van der Waals surface area contributed by atoms with Crippen LogP contribution in [0.15, 0.2) is 35.3 Å². The number of aliphatic imine (C=N–C) groups is 1. The Bertz CT molecular complexity index is 497. The van der Waals surface area contributed by atoms with Crippen molar-refractivity contribution in [1.82, 2.24) is 16.0 Å². The molecule has 0 heterocycles. The van der Waals surface area contributed by atoms with Crippen molar-refractivity contribution in [1.29, 1.82) is 0 Å². The highest BCUT2D eigenvalue weighted by atomic mass is 16.2. The van der Waals surface area contributed by atoms with Crippen molar-refractivity contribution in [3.8, 4) is 0 Å². The Hall–Kier alpha value is -2.04. The highest BCUT2D eigenvalue weighted by molar-refractivity contribution is 5.83. The van der Waals surface area contributed by atoms with Gasteiger partial charge >= 0.3 is 0 Å². The number of nitrogens with one attached hydrogen (secondary N) is 3. The lowest BCUT2D eigenvalue weighted by atomic mass is 9.93. The van der Waals surface area contributed by atoms with E-state index in [2.05, 4.69) is 45.2 Å². The molecular weight excluding hydrogens is 288 g/mol. The molecule has 0 spiro atoms. The number of nitrogens with zero attached hydrogens (tertiary/aromatic N) is 1. The van der Waals surface area contributed by atoms with Crippen molar-refractivity contribution < 1.29 is 4.79 Å². The predicted octanol–water partition coefficient (Wildman–Crippen LogP) is 1.95. The van der Waals surface area contributed by atoms with Gasteiger partial charge in [0.05, 0.1) is 12.0 Å². The molecule has 3 N–H and O–H groups in total. The fourth-order valence-corrected chi connectivity index (χ4v) is 2.17. The molecule has 0 fully saturated rings. The van der Waals surface area contributed by atoms with Gasteiger partial charge in [0.2, 0.25) is 5.91 Å². The van der Waals surface area contributed by atoms with E-state index in [-0.39, 0.29) is 5.91 Å². The SMILES string of the molecule is CCNC(=NCC(C)(C)C(=O)NC)NCCCc1ccccc1. The second kappa shape index (κ2) is 9.87. The van der Waals surface area contributed by atoms with Gasteiger partial charge in [-0.25, -0.2) is 0 Å². The van der Waals surface area contributed by atoms with Crippen LogP contribution in [0.2, 0.25) is 0 Å². The highest BCUT2D eigenvalue weighted by Crippen LogP contribution is 2.15. The second-order valence-corrected chi connectivity index (χ2v) is 6.17. The van der Waals surface area contributed by atoms with Gasteiger partial charge < -0.3 is 16.0 Å². The van der Waals surface area contributed by atoms with Crippen LogP contribution in [-0.4, -0.2) is 38.5 Å². The predicted molar refractivity (Wildman–Crippen MR) is 96.6 cm³/mol. The molecule has 0 saturated heterocycles. The minimum absolute atomic E-state index is 0.00109. The Labute approximate surface area is 140 Å². The molecule has 1 aromatic carbocycles. The van der Waals surface area contributed by atoms with Crippen LogP contribution < -0.4 is 16.0 Å². The van der Waals surface area contributed by atoms with E-state index in [9.17, 15) is 4.79 Å². The zero-order valence-corrected chi connectivity index (χ0v) is 14.8. The summed E-state index contributed by atoms with van der Waals surface area (Å²) in [5, 5.41) is 9.23. The minimum atomic E-state index is -0.513. The number of amides is 1. The third-order valence-corrected chi connectivity index (χ3v) is 3.60. The maximum absolute atomic E-state index is 11.8. The van der Waals surface area contributed by atoms with Crippen LogP contribution in [0, 0.1) is 5.41 Å². The molecule has 1 aromatic rings. The molecule has 0 aliphatic carbocycles. The summed E-state index contributed by atoms with van der Waals surface area (Å²) in [5.41, 5.74) is 0.832. The highest BCUT2D eigenvalue weighted by Gasteiger charge is 2.26. The first kappa shape index (κ1) is 19.0. The van der Waals surface area contributed by atoms with Gasteiger partial charge in [0.1, 0.15) is 0 Å².